The monoisotopic (exact) mass is 199 g/mol. The molecule has 0 N–H and O–H groups in total. The molecular formula is C9H10ClNS. The van der Waals surface area contributed by atoms with Crippen molar-refractivity contribution in [3.8, 4) is 0 Å². The molecule has 0 saturated heterocycles. The third kappa shape index (κ3) is 1.24. The molecule has 2 rings (SSSR count). The van der Waals surface area contributed by atoms with E-state index in [-0.39, 0.29) is 5.50 Å². The molecular weight excluding hydrogens is 190 g/mol. The zero-order chi connectivity index (χ0) is 8.55. The minimum atomic E-state index is 0.0520. The average Bonchev–Trinajstić information content (AvgIpc) is 2.44. The van der Waals surface area contributed by atoms with E-state index < -0.39 is 0 Å². The SMILES string of the molecule is CCN1Sc2ccccc2C1Cl. The summed E-state index contributed by atoms with van der Waals surface area (Å²) in [5.74, 6) is 0. The molecule has 1 atom stereocenters. The van der Waals surface area contributed by atoms with Crippen LogP contribution in [0, 0.1) is 0 Å². The molecule has 1 nitrogen and oxygen atoms in total. The van der Waals surface area contributed by atoms with Crippen molar-refractivity contribution in [1.29, 1.82) is 0 Å². The molecule has 0 spiro atoms. The molecule has 0 radical (unpaired) electrons. The Morgan fingerprint density at radius 3 is 2.92 bits per heavy atom. The number of fused-ring (bicyclic) bond motifs is 1. The van der Waals surface area contributed by atoms with Crippen molar-refractivity contribution in [3.63, 3.8) is 0 Å². The van der Waals surface area contributed by atoms with Gasteiger partial charge in [0.1, 0.15) is 5.50 Å². The van der Waals surface area contributed by atoms with Crippen molar-refractivity contribution in [2.75, 3.05) is 6.54 Å². The first-order chi connectivity index (χ1) is 5.83. The van der Waals surface area contributed by atoms with Gasteiger partial charge < -0.3 is 0 Å². The maximum absolute atomic E-state index is 6.21. The standard InChI is InChI=1S/C9H10ClNS/c1-2-11-9(10)7-5-3-4-6-8(7)12-11/h3-6,9H,2H2,1H3. The van der Waals surface area contributed by atoms with Crippen molar-refractivity contribution < 1.29 is 0 Å². The number of hydrogen-bond acceptors (Lipinski definition) is 2. The second kappa shape index (κ2) is 3.29. The summed E-state index contributed by atoms with van der Waals surface area (Å²) in [6.45, 7) is 3.10. The fraction of sp³-hybridized carbons (Fsp3) is 0.333. The van der Waals surface area contributed by atoms with Crippen LogP contribution in [0.25, 0.3) is 0 Å². The predicted molar refractivity (Wildman–Crippen MR) is 53.3 cm³/mol. The van der Waals surface area contributed by atoms with Crippen LogP contribution in [0.3, 0.4) is 0 Å². The second-order valence-electron chi connectivity index (χ2n) is 2.70. The molecule has 0 saturated carbocycles. The summed E-state index contributed by atoms with van der Waals surface area (Å²) in [5.41, 5.74) is 1.29. The first-order valence-corrected chi connectivity index (χ1v) is 5.21. The first-order valence-electron chi connectivity index (χ1n) is 4.00. The minimum absolute atomic E-state index is 0.0520. The topological polar surface area (TPSA) is 3.24 Å². The van der Waals surface area contributed by atoms with Gasteiger partial charge in [-0.3, -0.25) is 0 Å². The molecule has 1 unspecified atom stereocenters. The van der Waals surface area contributed by atoms with Crippen molar-refractivity contribution in [3.05, 3.63) is 29.8 Å². The minimum Gasteiger partial charge on any atom is -0.225 e. The van der Waals surface area contributed by atoms with Gasteiger partial charge in [0.05, 0.1) is 0 Å². The summed E-state index contributed by atoms with van der Waals surface area (Å²) in [4.78, 5) is 1.29. The van der Waals surface area contributed by atoms with Crippen molar-refractivity contribution >= 4 is 23.5 Å². The van der Waals surface area contributed by atoms with Gasteiger partial charge in [0, 0.05) is 11.4 Å². The van der Waals surface area contributed by atoms with Gasteiger partial charge in [0.2, 0.25) is 0 Å². The molecule has 12 heavy (non-hydrogen) atoms. The van der Waals surface area contributed by atoms with Gasteiger partial charge in [0.15, 0.2) is 0 Å². The Morgan fingerprint density at radius 1 is 1.50 bits per heavy atom. The van der Waals surface area contributed by atoms with E-state index in [4.69, 9.17) is 11.6 Å². The van der Waals surface area contributed by atoms with Crippen LogP contribution in [-0.2, 0) is 0 Å². The maximum Gasteiger partial charge on any atom is 0.121 e. The van der Waals surface area contributed by atoms with E-state index >= 15 is 0 Å². The summed E-state index contributed by atoms with van der Waals surface area (Å²) in [6, 6.07) is 8.29. The van der Waals surface area contributed by atoms with Crippen LogP contribution in [0.5, 0.6) is 0 Å². The van der Waals surface area contributed by atoms with Crippen LogP contribution in [0.2, 0.25) is 0 Å². The summed E-state index contributed by atoms with van der Waals surface area (Å²) in [6.07, 6.45) is 0. The Hall–Kier alpha value is -0.180. The molecule has 0 fully saturated rings. The Bertz CT molecular complexity index is 290. The third-order valence-electron chi connectivity index (χ3n) is 1.96. The molecule has 1 aromatic carbocycles. The first kappa shape index (κ1) is 8.42. The van der Waals surface area contributed by atoms with E-state index in [2.05, 4.69) is 29.4 Å². The normalized spacial score (nSPS) is 22.7. The Balaban J connectivity index is 2.35. The van der Waals surface area contributed by atoms with E-state index in [1.807, 2.05) is 6.07 Å². The highest BCUT2D eigenvalue weighted by molar-refractivity contribution is 7.97. The molecule has 0 amide bonds. The lowest BCUT2D eigenvalue weighted by Gasteiger charge is -2.14. The largest absolute Gasteiger partial charge is 0.225 e. The number of halogens is 1. The Kier molecular flexibility index (Phi) is 2.31. The van der Waals surface area contributed by atoms with Gasteiger partial charge in [0.25, 0.3) is 0 Å². The van der Waals surface area contributed by atoms with Crippen molar-refractivity contribution in [2.45, 2.75) is 17.3 Å². The van der Waals surface area contributed by atoms with Crippen molar-refractivity contribution in [2.24, 2.45) is 0 Å². The zero-order valence-corrected chi connectivity index (χ0v) is 8.40. The molecule has 1 aromatic rings. The van der Waals surface area contributed by atoms with Gasteiger partial charge in [-0.15, -0.1) is 0 Å². The van der Waals surface area contributed by atoms with E-state index in [0.29, 0.717) is 0 Å². The van der Waals surface area contributed by atoms with Gasteiger partial charge in [-0.1, -0.05) is 36.7 Å². The lowest BCUT2D eigenvalue weighted by molar-refractivity contribution is 0.487. The maximum atomic E-state index is 6.21. The molecule has 3 heteroatoms. The number of rotatable bonds is 1. The zero-order valence-electron chi connectivity index (χ0n) is 6.83. The highest BCUT2D eigenvalue weighted by Gasteiger charge is 2.27. The van der Waals surface area contributed by atoms with E-state index in [1.54, 1.807) is 11.9 Å². The van der Waals surface area contributed by atoms with Crippen LogP contribution in [0.15, 0.2) is 29.2 Å². The van der Waals surface area contributed by atoms with Gasteiger partial charge in [-0.2, -0.15) is 0 Å². The fourth-order valence-electron chi connectivity index (χ4n) is 1.31. The van der Waals surface area contributed by atoms with E-state index in [9.17, 15) is 0 Å². The third-order valence-corrected chi connectivity index (χ3v) is 3.81. The molecule has 64 valence electrons. The number of hydrogen-bond donors (Lipinski definition) is 0. The number of alkyl halides is 1. The summed E-state index contributed by atoms with van der Waals surface area (Å²) in [7, 11) is 0. The molecule has 0 aliphatic carbocycles. The molecule has 1 heterocycles. The fourth-order valence-corrected chi connectivity index (χ4v) is 2.84. The molecule has 1 aliphatic heterocycles. The van der Waals surface area contributed by atoms with Crippen LogP contribution < -0.4 is 0 Å². The van der Waals surface area contributed by atoms with Gasteiger partial charge >= 0.3 is 0 Å². The Morgan fingerprint density at radius 2 is 2.25 bits per heavy atom. The van der Waals surface area contributed by atoms with Crippen LogP contribution in [0.1, 0.15) is 18.0 Å². The van der Waals surface area contributed by atoms with E-state index in [1.165, 1.54) is 10.5 Å². The van der Waals surface area contributed by atoms with Gasteiger partial charge in [-0.05, 0) is 23.6 Å². The average molecular weight is 200 g/mol. The molecule has 0 aromatic heterocycles. The smallest absolute Gasteiger partial charge is 0.121 e. The quantitative estimate of drug-likeness (QED) is 0.388. The highest BCUT2D eigenvalue weighted by atomic mass is 35.5. The lowest BCUT2D eigenvalue weighted by atomic mass is 10.2. The number of nitrogens with zero attached hydrogens (tertiary/aromatic N) is 1. The van der Waals surface area contributed by atoms with Crippen LogP contribution >= 0.6 is 23.5 Å². The highest BCUT2D eigenvalue weighted by Crippen LogP contribution is 2.45. The summed E-state index contributed by atoms with van der Waals surface area (Å²) in [5, 5.41) is 0. The predicted octanol–water partition coefficient (Wildman–Crippen LogP) is 3.27. The molecule has 1 aliphatic rings. The molecule has 0 bridgehead atoms. The summed E-state index contributed by atoms with van der Waals surface area (Å²) >= 11 is 7.96. The van der Waals surface area contributed by atoms with Crippen LogP contribution in [-0.4, -0.2) is 10.8 Å². The van der Waals surface area contributed by atoms with Crippen LogP contribution in [0.4, 0.5) is 0 Å². The van der Waals surface area contributed by atoms with Crippen molar-refractivity contribution in [1.82, 2.24) is 4.31 Å². The summed E-state index contributed by atoms with van der Waals surface area (Å²) < 4.78 is 2.17. The van der Waals surface area contributed by atoms with Gasteiger partial charge in [-0.25, -0.2) is 4.31 Å². The van der Waals surface area contributed by atoms with E-state index in [0.717, 1.165) is 6.54 Å². The lowest BCUT2D eigenvalue weighted by Crippen LogP contribution is -2.11. The second-order valence-corrected chi connectivity index (χ2v) is 4.20. The Labute approximate surface area is 81.8 Å². The number of benzene rings is 1.